The van der Waals surface area contributed by atoms with E-state index in [2.05, 4.69) is 97.8 Å². The van der Waals surface area contributed by atoms with E-state index in [0.29, 0.717) is 5.92 Å². The Morgan fingerprint density at radius 2 is 1.64 bits per heavy atom. The van der Waals surface area contributed by atoms with Crippen LogP contribution in [0, 0.1) is 35.5 Å². The number of nitrogens with zero attached hydrogens (tertiary/aromatic N) is 2. The molecule has 0 spiro atoms. The normalized spacial score (nSPS) is 19.0. The van der Waals surface area contributed by atoms with Crippen molar-refractivity contribution in [1.29, 1.82) is 10.5 Å². The van der Waals surface area contributed by atoms with Crippen LogP contribution in [0.5, 0.6) is 0 Å². The zero-order valence-electron chi connectivity index (χ0n) is 25.6. The Bertz CT molecular complexity index is 2050. The van der Waals surface area contributed by atoms with E-state index in [1.165, 1.54) is 71.6 Å². The summed E-state index contributed by atoms with van der Waals surface area (Å²) in [7, 11) is 0. The number of rotatable bonds is 0. The van der Waals surface area contributed by atoms with E-state index in [1.807, 2.05) is 19.9 Å². The Balaban J connectivity index is 0.000000826. The minimum atomic E-state index is 0.493. The molecule has 1 unspecified atom stereocenters. The van der Waals surface area contributed by atoms with Crippen LogP contribution < -0.4 is 0 Å². The first-order chi connectivity index (χ1) is 21.7. The largest absolute Gasteiger partial charge is 0.193 e. The predicted octanol–water partition coefficient (Wildman–Crippen LogP) is 10.3. The van der Waals surface area contributed by atoms with Gasteiger partial charge in [0.25, 0.3) is 0 Å². The molecule has 0 aliphatic heterocycles. The van der Waals surface area contributed by atoms with E-state index < -0.39 is 0 Å². The van der Waals surface area contributed by atoms with Gasteiger partial charge in [0.2, 0.25) is 0 Å². The maximum Gasteiger partial charge on any atom is 0.0988 e. The van der Waals surface area contributed by atoms with Gasteiger partial charge in [0.1, 0.15) is 0 Å². The summed E-state index contributed by atoms with van der Waals surface area (Å²) in [4.78, 5) is 0. The van der Waals surface area contributed by atoms with Crippen molar-refractivity contribution in [2.24, 2.45) is 0 Å². The molecular formula is C42H36N2. The number of hydrogen-bond acceptors (Lipinski definition) is 2. The Labute approximate surface area is 261 Å². The van der Waals surface area contributed by atoms with Crippen molar-refractivity contribution in [1.82, 2.24) is 0 Å². The highest BCUT2D eigenvalue weighted by Crippen LogP contribution is 2.50. The second kappa shape index (κ2) is 12.3. The molecule has 0 N–H and O–H groups in total. The zero-order valence-corrected chi connectivity index (χ0v) is 25.6. The third-order valence-electron chi connectivity index (χ3n) is 9.47. The van der Waals surface area contributed by atoms with E-state index in [-0.39, 0.29) is 0 Å². The summed E-state index contributed by atoms with van der Waals surface area (Å²) < 4.78 is 0. The van der Waals surface area contributed by atoms with E-state index in [9.17, 15) is 10.5 Å². The lowest BCUT2D eigenvalue weighted by Crippen LogP contribution is -2.14. The van der Waals surface area contributed by atoms with Crippen molar-refractivity contribution in [3.63, 3.8) is 0 Å². The van der Waals surface area contributed by atoms with Crippen LogP contribution in [0.4, 0.5) is 0 Å². The lowest BCUT2D eigenvalue weighted by Gasteiger charge is -2.31. The van der Waals surface area contributed by atoms with Gasteiger partial charge >= 0.3 is 0 Å². The lowest BCUT2D eigenvalue weighted by atomic mass is 9.72. The summed E-state index contributed by atoms with van der Waals surface area (Å²) in [6.45, 7) is 4.00. The Hall–Kier alpha value is -5.10. The van der Waals surface area contributed by atoms with Gasteiger partial charge in [0, 0.05) is 11.1 Å². The first kappa shape index (κ1) is 29.0. The van der Waals surface area contributed by atoms with Crippen LogP contribution in [-0.4, -0.2) is 0 Å². The first-order valence-corrected chi connectivity index (χ1v) is 15.8. The van der Waals surface area contributed by atoms with Gasteiger partial charge in [-0.2, -0.15) is 10.5 Å². The highest BCUT2D eigenvalue weighted by molar-refractivity contribution is 6.14. The predicted molar refractivity (Wildman–Crippen MR) is 185 cm³/mol. The minimum absolute atomic E-state index is 0.493. The molecular weight excluding hydrogens is 532 g/mol. The number of hydrogen-bond donors (Lipinski definition) is 0. The molecule has 214 valence electrons. The molecule has 8 rings (SSSR count). The number of aryl methyl sites for hydroxylation is 1. The number of nitriles is 2. The quantitative estimate of drug-likeness (QED) is 0.156. The molecule has 2 nitrogen and oxygen atoms in total. The molecule has 0 bridgehead atoms. The molecule has 1 atom stereocenters. The van der Waals surface area contributed by atoms with Gasteiger partial charge in [-0.05, 0) is 147 Å². The first-order valence-electron chi connectivity index (χ1n) is 15.8. The second-order valence-electron chi connectivity index (χ2n) is 11.7. The summed E-state index contributed by atoms with van der Waals surface area (Å²) in [5.41, 5.74) is 14.0. The number of fused-ring (bicyclic) bond motifs is 6. The molecule has 4 aromatic carbocycles. The molecule has 0 saturated heterocycles. The number of terminal acetylenes is 1. The number of benzene rings is 4. The third-order valence-corrected chi connectivity index (χ3v) is 9.47. The van der Waals surface area contributed by atoms with Crippen LogP contribution in [0.15, 0.2) is 77.9 Å². The molecule has 0 radical (unpaired) electrons. The average molecular weight is 569 g/mol. The van der Waals surface area contributed by atoms with Gasteiger partial charge in [-0.1, -0.05) is 68.5 Å². The highest BCUT2D eigenvalue weighted by atomic mass is 14.3. The molecule has 0 saturated carbocycles. The van der Waals surface area contributed by atoms with Crippen molar-refractivity contribution in [2.45, 2.75) is 64.7 Å². The third kappa shape index (κ3) is 4.77. The molecule has 4 aromatic rings. The molecule has 0 fully saturated rings. The van der Waals surface area contributed by atoms with Gasteiger partial charge in [-0.15, -0.1) is 12.8 Å². The monoisotopic (exact) mass is 568 g/mol. The van der Waals surface area contributed by atoms with Crippen LogP contribution in [0.25, 0.3) is 44.8 Å². The van der Waals surface area contributed by atoms with Crippen molar-refractivity contribution in [3.8, 4) is 36.1 Å². The zero-order chi connectivity index (χ0) is 30.8. The summed E-state index contributed by atoms with van der Waals surface area (Å²) in [6, 6.07) is 21.2. The molecule has 44 heavy (non-hydrogen) atoms. The maximum atomic E-state index is 9.60. The van der Waals surface area contributed by atoms with Gasteiger partial charge in [-0.25, -0.2) is 0 Å². The van der Waals surface area contributed by atoms with E-state index in [4.69, 9.17) is 0 Å². The molecule has 0 amide bonds. The van der Waals surface area contributed by atoms with Gasteiger partial charge in [0.15, 0.2) is 0 Å². The van der Waals surface area contributed by atoms with E-state index >= 15 is 0 Å². The van der Waals surface area contributed by atoms with Crippen LogP contribution >= 0.6 is 0 Å². The molecule has 0 heterocycles. The Morgan fingerprint density at radius 1 is 0.773 bits per heavy atom. The topological polar surface area (TPSA) is 47.6 Å². The van der Waals surface area contributed by atoms with Crippen LogP contribution in [0.2, 0.25) is 0 Å². The highest BCUT2D eigenvalue weighted by Gasteiger charge is 2.30. The summed E-state index contributed by atoms with van der Waals surface area (Å²) in [5, 5.41) is 24.4. The Morgan fingerprint density at radius 3 is 2.45 bits per heavy atom. The lowest BCUT2D eigenvalue weighted by molar-refractivity contribution is 0.627. The molecule has 2 heteroatoms. The van der Waals surface area contributed by atoms with Crippen LogP contribution in [0.1, 0.15) is 78.0 Å². The Kier molecular flexibility index (Phi) is 8.07. The van der Waals surface area contributed by atoms with Crippen LogP contribution in [-0.2, 0) is 25.7 Å². The van der Waals surface area contributed by atoms with Crippen molar-refractivity contribution in [3.05, 3.63) is 117 Å². The fourth-order valence-electron chi connectivity index (χ4n) is 7.63. The van der Waals surface area contributed by atoms with Gasteiger partial charge < -0.3 is 0 Å². The second-order valence-corrected chi connectivity index (χ2v) is 11.7. The van der Waals surface area contributed by atoms with E-state index in [1.54, 1.807) is 0 Å². The maximum absolute atomic E-state index is 9.60. The summed E-state index contributed by atoms with van der Waals surface area (Å²) in [6.07, 6.45) is 27.7. The van der Waals surface area contributed by atoms with Crippen molar-refractivity contribution < 1.29 is 0 Å². The van der Waals surface area contributed by atoms with Crippen LogP contribution in [0.3, 0.4) is 0 Å². The fraction of sp³-hybridized carbons (Fsp3) is 0.238. The molecule has 4 aliphatic rings. The van der Waals surface area contributed by atoms with Crippen molar-refractivity contribution in [2.75, 3.05) is 0 Å². The standard InChI is InChI=1S/C38H28N2.C2H6.C2H2/c39-21-23-5-3-8-28-19-34-32-9-2-1-6-27-16-30-17-29-15-24(22-40)12-14-26(29)18-33(30)36(38(27)32)20-35(34)31-10-4-7-25(13-11-23)37(28)31;2*1-2/h2-5,7,9-11,15,17-20,27H,1,6,8,12-14,16H2;1-2H3;1-2H/b5-3-,23-11+;;. The summed E-state index contributed by atoms with van der Waals surface area (Å²) in [5.74, 6) is 0.493. The number of allylic oxidation sites excluding steroid dienone is 6. The van der Waals surface area contributed by atoms with Crippen molar-refractivity contribution >= 4 is 33.7 Å². The fourth-order valence-corrected chi connectivity index (χ4v) is 7.63. The summed E-state index contributed by atoms with van der Waals surface area (Å²) >= 11 is 0. The van der Waals surface area contributed by atoms with Gasteiger partial charge in [-0.3, -0.25) is 0 Å². The molecule has 0 aromatic heterocycles. The van der Waals surface area contributed by atoms with E-state index in [0.717, 1.165) is 56.1 Å². The average Bonchev–Trinajstić information content (AvgIpc) is 3.24. The smallest absolute Gasteiger partial charge is 0.0988 e. The van der Waals surface area contributed by atoms with Gasteiger partial charge in [0.05, 0.1) is 12.1 Å². The minimum Gasteiger partial charge on any atom is -0.193 e. The molecule has 4 aliphatic carbocycles. The SMILES string of the molecule is C#C.CC.N#CC1=Cc2cc3c(cc2CC1)-c1cc2c(cc4c5c(cccc52)C/C=C(C#N)\C=C/C4)c2c1C(CCC=C2)C3.